The monoisotopic (exact) mass is 312 g/mol. The third-order valence-corrected chi connectivity index (χ3v) is 3.03. The molecule has 1 aliphatic rings. The van der Waals surface area contributed by atoms with Crippen molar-refractivity contribution in [3.8, 4) is 0 Å². The van der Waals surface area contributed by atoms with E-state index in [1.807, 2.05) is 0 Å². The Balaban J connectivity index is 2.75. The molecule has 0 aromatic heterocycles. The second-order valence-corrected chi connectivity index (χ2v) is 4.70. The lowest BCUT2D eigenvalue weighted by Gasteiger charge is -2.14. The topological polar surface area (TPSA) is 101 Å². The van der Waals surface area contributed by atoms with Gasteiger partial charge < -0.3 is 9.47 Å². The van der Waals surface area contributed by atoms with Crippen LogP contribution in [0.4, 0.5) is 9.59 Å². The molecule has 22 heavy (non-hydrogen) atoms. The van der Waals surface area contributed by atoms with Gasteiger partial charge in [-0.05, 0) is 39.5 Å². The Morgan fingerprint density at radius 3 is 1.64 bits per heavy atom. The van der Waals surface area contributed by atoms with Crippen LogP contribution in [0.3, 0.4) is 0 Å². The van der Waals surface area contributed by atoms with Crippen molar-refractivity contribution < 1.29 is 19.1 Å². The highest BCUT2D eigenvalue weighted by Crippen LogP contribution is 2.13. The lowest BCUT2D eigenvalue weighted by molar-refractivity contribution is 0.151. The first-order valence-corrected chi connectivity index (χ1v) is 7.66. The fourth-order valence-electron chi connectivity index (χ4n) is 2.02. The molecule has 1 aliphatic carbocycles. The molecule has 1 rings (SSSR count). The summed E-state index contributed by atoms with van der Waals surface area (Å²) in [6, 6.07) is 0. The normalized spacial score (nSPS) is 19.2. The van der Waals surface area contributed by atoms with Crippen LogP contribution in [-0.2, 0) is 9.47 Å². The zero-order chi connectivity index (χ0) is 16.2. The SMILES string of the molecule is CCOC(=O)N/N=C1/CCCCCC/C1=N/NC(=O)OCC. The summed E-state index contributed by atoms with van der Waals surface area (Å²) >= 11 is 0. The number of carbonyl (C=O) groups is 2. The van der Waals surface area contributed by atoms with Crippen molar-refractivity contribution in [1.29, 1.82) is 0 Å². The van der Waals surface area contributed by atoms with Gasteiger partial charge in [0.1, 0.15) is 0 Å². The first kappa shape index (κ1) is 17.9. The van der Waals surface area contributed by atoms with Gasteiger partial charge in [-0.2, -0.15) is 10.2 Å². The van der Waals surface area contributed by atoms with Gasteiger partial charge in [0.25, 0.3) is 0 Å². The molecule has 0 atom stereocenters. The summed E-state index contributed by atoms with van der Waals surface area (Å²) in [5, 5.41) is 8.16. The van der Waals surface area contributed by atoms with E-state index in [1.54, 1.807) is 13.8 Å². The van der Waals surface area contributed by atoms with Crippen molar-refractivity contribution in [2.45, 2.75) is 52.4 Å². The van der Waals surface area contributed by atoms with E-state index in [1.165, 1.54) is 0 Å². The minimum absolute atomic E-state index is 0.280. The Hall–Kier alpha value is -2.12. The first-order valence-electron chi connectivity index (χ1n) is 7.66. The number of amides is 2. The van der Waals surface area contributed by atoms with E-state index in [2.05, 4.69) is 21.1 Å². The summed E-state index contributed by atoms with van der Waals surface area (Å²) in [5.41, 5.74) is 6.01. The van der Waals surface area contributed by atoms with Gasteiger partial charge in [-0.3, -0.25) is 0 Å². The molecule has 0 heterocycles. The second-order valence-electron chi connectivity index (χ2n) is 4.70. The summed E-state index contributed by atoms with van der Waals surface area (Å²) in [7, 11) is 0. The van der Waals surface area contributed by atoms with Gasteiger partial charge in [0.2, 0.25) is 0 Å². The first-order chi connectivity index (χ1) is 10.7. The number of hydrogen-bond donors (Lipinski definition) is 2. The van der Waals surface area contributed by atoms with E-state index in [4.69, 9.17) is 9.47 Å². The molecule has 0 aromatic carbocycles. The molecule has 8 heteroatoms. The molecule has 0 bridgehead atoms. The Morgan fingerprint density at radius 2 is 1.27 bits per heavy atom. The lowest BCUT2D eigenvalue weighted by atomic mass is 9.97. The molecule has 0 aromatic rings. The van der Waals surface area contributed by atoms with Gasteiger partial charge >= 0.3 is 12.2 Å². The molecule has 1 saturated carbocycles. The molecule has 0 unspecified atom stereocenters. The van der Waals surface area contributed by atoms with E-state index in [0.717, 1.165) is 25.7 Å². The molecule has 1 fully saturated rings. The number of nitrogens with one attached hydrogen (secondary N) is 2. The molecule has 0 spiro atoms. The number of hydrazone groups is 2. The van der Waals surface area contributed by atoms with Gasteiger partial charge in [-0.1, -0.05) is 12.8 Å². The van der Waals surface area contributed by atoms with Gasteiger partial charge in [-0.15, -0.1) is 0 Å². The Kier molecular flexibility index (Phi) is 8.63. The smallest absolute Gasteiger partial charge is 0.427 e. The fourth-order valence-corrected chi connectivity index (χ4v) is 2.02. The molecule has 0 radical (unpaired) electrons. The van der Waals surface area contributed by atoms with E-state index in [0.29, 0.717) is 24.3 Å². The molecular formula is C14H24N4O4. The molecule has 2 N–H and O–H groups in total. The van der Waals surface area contributed by atoms with Crippen molar-refractivity contribution in [3.63, 3.8) is 0 Å². The van der Waals surface area contributed by atoms with E-state index >= 15 is 0 Å². The maximum atomic E-state index is 11.3. The molecule has 124 valence electrons. The van der Waals surface area contributed by atoms with Crippen LogP contribution in [0.2, 0.25) is 0 Å². The molecule has 0 saturated heterocycles. The van der Waals surface area contributed by atoms with Crippen LogP contribution in [0.5, 0.6) is 0 Å². The number of nitrogens with zero attached hydrogens (tertiary/aromatic N) is 2. The van der Waals surface area contributed by atoms with Crippen LogP contribution < -0.4 is 10.9 Å². The van der Waals surface area contributed by atoms with Crippen LogP contribution in [-0.4, -0.2) is 36.8 Å². The van der Waals surface area contributed by atoms with Gasteiger partial charge in [0.05, 0.1) is 24.6 Å². The summed E-state index contributed by atoms with van der Waals surface area (Å²) in [6.07, 6.45) is 4.31. The number of hydrogen-bond acceptors (Lipinski definition) is 6. The maximum absolute atomic E-state index is 11.3. The number of rotatable bonds is 4. The quantitative estimate of drug-likeness (QED) is 0.779. The summed E-state index contributed by atoms with van der Waals surface area (Å²) in [6.45, 7) is 4.00. The minimum Gasteiger partial charge on any atom is -0.449 e. The van der Waals surface area contributed by atoms with Crippen LogP contribution >= 0.6 is 0 Å². The predicted octanol–water partition coefficient (Wildman–Crippen LogP) is 2.54. The largest absolute Gasteiger partial charge is 0.449 e. The summed E-state index contributed by atoms with van der Waals surface area (Å²) in [4.78, 5) is 22.7. The number of ether oxygens (including phenoxy) is 2. The van der Waals surface area contributed by atoms with E-state index in [-0.39, 0.29) is 13.2 Å². The highest BCUT2D eigenvalue weighted by atomic mass is 16.6. The Labute approximate surface area is 130 Å². The van der Waals surface area contributed by atoms with Crippen LogP contribution in [0, 0.1) is 0 Å². The highest BCUT2D eigenvalue weighted by molar-refractivity contribution is 6.42. The molecular weight excluding hydrogens is 288 g/mol. The highest BCUT2D eigenvalue weighted by Gasteiger charge is 2.14. The van der Waals surface area contributed by atoms with Gasteiger partial charge in [-0.25, -0.2) is 20.4 Å². The zero-order valence-electron chi connectivity index (χ0n) is 13.2. The van der Waals surface area contributed by atoms with E-state index in [9.17, 15) is 9.59 Å². The minimum atomic E-state index is -0.602. The van der Waals surface area contributed by atoms with Crippen molar-refractivity contribution >= 4 is 23.6 Å². The van der Waals surface area contributed by atoms with E-state index < -0.39 is 12.2 Å². The lowest BCUT2D eigenvalue weighted by Crippen LogP contribution is -2.28. The third kappa shape index (κ3) is 7.05. The van der Waals surface area contributed by atoms with Crippen molar-refractivity contribution in [2.75, 3.05) is 13.2 Å². The van der Waals surface area contributed by atoms with Crippen LogP contribution in [0.1, 0.15) is 52.4 Å². The van der Waals surface area contributed by atoms with Crippen LogP contribution in [0.25, 0.3) is 0 Å². The fraction of sp³-hybridized carbons (Fsp3) is 0.714. The standard InChI is InChI=1S/C14H24N4O4/c1-3-21-13(19)17-15-11-9-7-5-6-8-10-12(11)16-18-14(20)22-4-2/h3-10H2,1-2H3,(H,17,19)(H,18,20)/b15-11-,16-12-. The molecule has 8 nitrogen and oxygen atoms in total. The molecule has 0 aliphatic heterocycles. The third-order valence-electron chi connectivity index (χ3n) is 3.03. The second kappa shape index (κ2) is 10.6. The average molecular weight is 312 g/mol. The van der Waals surface area contributed by atoms with Crippen LogP contribution in [0.15, 0.2) is 10.2 Å². The van der Waals surface area contributed by atoms with Crippen molar-refractivity contribution in [3.05, 3.63) is 0 Å². The number of carbonyl (C=O) groups excluding carboxylic acids is 2. The van der Waals surface area contributed by atoms with Crippen molar-refractivity contribution in [1.82, 2.24) is 10.9 Å². The van der Waals surface area contributed by atoms with Crippen molar-refractivity contribution in [2.24, 2.45) is 10.2 Å². The predicted molar refractivity (Wildman–Crippen MR) is 82.9 cm³/mol. The van der Waals surface area contributed by atoms with Gasteiger partial charge in [0, 0.05) is 0 Å². The maximum Gasteiger partial charge on any atom is 0.427 e. The Morgan fingerprint density at radius 1 is 0.864 bits per heavy atom. The average Bonchev–Trinajstić information content (AvgIpc) is 2.46. The summed E-state index contributed by atoms with van der Waals surface area (Å²) < 4.78 is 9.54. The van der Waals surface area contributed by atoms with Gasteiger partial charge in [0.15, 0.2) is 0 Å². The summed E-state index contributed by atoms with van der Waals surface area (Å²) in [5.74, 6) is 0. The molecule has 2 amide bonds. The zero-order valence-corrected chi connectivity index (χ0v) is 13.2. The Bertz CT molecular complexity index is 395.